The van der Waals surface area contributed by atoms with E-state index in [0.29, 0.717) is 31.2 Å². The highest BCUT2D eigenvalue weighted by Gasteiger charge is 2.29. The fraction of sp³-hybridized carbons (Fsp3) is 0.429. The van der Waals surface area contributed by atoms with Crippen molar-refractivity contribution in [3.8, 4) is 0 Å². The van der Waals surface area contributed by atoms with E-state index in [-0.39, 0.29) is 10.8 Å². The lowest BCUT2D eigenvalue weighted by atomic mass is 10.1. The molecular weight excluding hydrogens is 406 g/mol. The Kier molecular flexibility index (Phi) is 7.32. The zero-order valence-corrected chi connectivity index (χ0v) is 18.5. The van der Waals surface area contributed by atoms with Gasteiger partial charge in [0.1, 0.15) is 10.1 Å². The molecule has 6 nitrogen and oxygen atoms in total. The maximum atomic E-state index is 13.1. The van der Waals surface area contributed by atoms with Crippen LogP contribution in [-0.4, -0.2) is 54.7 Å². The van der Waals surface area contributed by atoms with Gasteiger partial charge in [-0.2, -0.15) is 4.31 Å². The van der Waals surface area contributed by atoms with E-state index >= 15 is 0 Å². The molecule has 0 bridgehead atoms. The summed E-state index contributed by atoms with van der Waals surface area (Å²) in [5, 5.41) is 0.198. The largest absolute Gasteiger partial charge is 0.342 e. The van der Waals surface area contributed by atoms with Crippen molar-refractivity contribution in [3.63, 3.8) is 0 Å². The molecule has 1 aromatic heterocycles. The Bertz CT molecular complexity index is 908. The van der Waals surface area contributed by atoms with E-state index in [0.717, 1.165) is 18.4 Å². The molecular formula is C21H27N3O3S2. The maximum Gasteiger partial charge on any atom is 0.244 e. The van der Waals surface area contributed by atoms with Crippen LogP contribution in [0.5, 0.6) is 0 Å². The quantitative estimate of drug-likeness (QED) is 0.595. The lowest BCUT2D eigenvalue weighted by Gasteiger charge is -2.25. The Morgan fingerprint density at radius 2 is 1.76 bits per heavy atom. The van der Waals surface area contributed by atoms with Crippen molar-refractivity contribution >= 4 is 27.7 Å². The Balaban J connectivity index is 1.83. The lowest BCUT2D eigenvalue weighted by Crippen LogP contribution is -2.33. The van der Waals surface area contributed by atoms with Crippen molar-refractivity contribution in [3.05, 3.63) is 54.2 Å². The minimum absolute atomic E-state index is 0.0294. The van der Waals surface area contributed by atoms with Gasteiger partial charge in [0.25, 0.3) is 0 Å². The first kappa shape index (κ1) is 21.8. The molecule has 0 N–H and O–H groups in total. The molecule has 1 aliphatic rings. The summed E-state index contributed by atoms with van der Waals surface area (Å²) in [6, 6.07) is 12.9. The second-order valence-electron chi connectivity index (χ2n) is 6.86. The molecule has 0 spiro atoms. The Hall–Kier alpha value is -1.90. The van der Waals surface area contributed by atoms with Crippen molar-refractivity contribution in [1.82, 2.24) is 14.2 Å². The second kappa shape index (κ2) is 9.73. The first-order chi connectivity index (χ1) is 14.0. The van der Waals surface area contributed by atoms with E-state index < -0.39 is 15.3 Å². The van der Waals surface area contributed by atoms with E-state index in [4.69, 9.17) is 0 Å². The van der Waals surface area contributed by atoms with Crippen molar-refractivity contribution in [2.24, 2.45) is 0 Å². The van der Waals surface area contributed by atoms with Gasteiger partial charge in [0.15, 0.2) is 0 Å². The molecule has 2 aromatic rings. The topological polar surface area (TPSA) is 70.6 Å². The van der Waals surface area contributed by atoms with Gasteiger partial charge in [-0.15, -0.1) is 0 Å². The average molecular weight is 434 g/mol. The number of nitrogens with zero attached hydrogens (tertiary/aromatic N) is 3. The zero-order valence-electron chi connectivity index (χ0n) is 16.8. The highest BCUT2D eigenvalue weighted by molar-refractivity contribution is 8.00. The van der Waals surface area contributed by atoms with Crippen LogP contribution in [-0.2, 0) is 14.8 Å². The summed E-state index contributed by atoms with van der Waals surface area (Å²) in [4.78, 5) is 19.5. The number of pyridine rings is 1. The molecule has 2 heterocycles. The van der Waals surface area contributed by atoms with Crippen LogP contribution in [0.3, 0.4) is 0 Å². The molecule has 29 heavy (non-hydrogen) atoms. The van der Waals surface area contributed by atoms with Gasteiger partial charge in [0.2, 0.25) is 15.9 Å². The van der Waals surface area contributed by atoms with Gasteiger partial charge in [0, 0.05) is 32.4 Å². The van der Waals surface area contributed by atoms with E-state index in [1.54, 1.807) is 17.0 Å². The van der Waals surface area contributed by atoms with Gasteiger partial charge < -0.3 is 4.90 Å². The smallest absolute Gasteiger partial charge is 0.244 e. The summed E-state index contributed by atoms with van der Waals surface area (Å²) in [6.45, 7) is 6.33. The van der Waals surface area contributed by atoms with Crippen LogP contribution in [0.15, 0.2) is 58.6 Å². The molecule has 1 fully saturated rings. The number of hydrogen-bond acceptors (Lipinski definition) is 5. The van der Waals surface area contributed by atoms with Gasteiger partial charge in [-0.05, 0) is 44.4 Å². The fourth-order valence-corrected chi connectivity index (χ4v) is 5.89. The standard InChI is InChI=1S/C21H27N3O3S2/c1-3-23(4-2)21(25)20(17-10-6-5-7-11-17)28-19-13-12-18(16-22-19)29(26,27)24-14-8-9-15-24/h5-7,10-13,16,20H,3-4,8-9,14-15H2,1-2H3. The highest BCUT2D eigenvalue weighted by Crippen LogP contribution is 2.36. The first-order valence-corrected chi connectivity index (χ1v) is 12.3. The molecule has 0 radical (unpaired) electrons. The number of amides is 1. The predicted octanol–water partition coefficient (Wildman–Crippen LogP) is 3.57. The number of carbonyl (C=O) groups is 1. The van der Waals surface area contributed by atoms with Crippen LogP contribution in [0.25, 0.3) is 0 Å². The van der Waals surface area contributed by atoms with Gasteiger partial charge in [-0.25, -0.2) is 13.4 Å². The molecule has 1 aliphatic heterocycles. The highest BCUT2D eigenvalue weighted by atomic mass is 32.2. The number of benzene rings is 1. The number of rotatable bonds is 8. The van der Waals surface area contributed by atoms with Gasteiger partial charge in [-0.1, -0.05) is 42.1 Å². The molecule has 1 amide bonds. The second-order valence-corrected chi connectivity index (χ2v) is 9.93. The molecule has 1 unspecified atom stereocenters. The van der Waals surface area contributed by atoms with E-state index in [2.05, 4.69) is 4.98 Å². The molecule has 1 saturated heterocycles. The minimum Gasteiger partial charge on any atom is -0.342 e. The summed E-state index contributed by atoms with van der Waals surface area (Å²) in [6.07, 6.45) is 3.19. The Morgan fingerprint density at radius 3 is 2.31 bits per heavy atom. The SMILES string of the molecule is CCN(CC)C(=O)C(Sc1ccc(S(=O)(=O)N2CCCC2)cn1)c1ccccc1. The van der Waals surface area contributed by atoms with Crippen LogP contribution in [0, 0.1) is 0 Å². The summed E-state index contributed by atoms with van der Waals surface area (Å²) in [5.74, 6) is 0.0294. The summed E-state index contributed by atoms with van der Waals surface area (Å²) < 4.78 is 26.9. The number of hydrogen-bond donors (Lipinski definition) is 0. The van der Waals surface area contributed by atoms with Crippen molar-refractivity contribution < 1.29 is 13.2 Å². The monoisotopic (exact) mass is 433 g/mol. The minimum atomic E-state index is -3.49. The number of aromatic nitrogens is 1. The van der Waals surface area contributed by atoms with Gasteiger partial charge in [0.05, 0.1) is 5.03 Å². The number of thioether (sulfide) groups is 1. The van der Waals surface area contributed by atoms with Crippen molar-refractivity contribution in [2.75, 3.05) is 26.2 Å². The molecule has 0 aliphatic carbocycles. The molecule has 156 valence electrons. The molecule has 0 saturated carbocycles. The number of carbonyl (C=O) groups excluding carboxylic acids is 1. The summed E-state index contributed by atoms with van der Waals surface area (Å²) in [7, 11) is -3.49. The third kappa shape index (κ3) is 4.99. The predicted molar refractivity (Wildman–Crippen MR) is 115 cm³/mol. The first-order valence-electron chi connectivity index (χ1n) is 9.94. The van der Waals surface area contributed by atoms with Crippen LogP contribution in [0.1, 0.15) is 37.5 Å². The van der Waals surface area contributed by atoms with E-state index in [1.807, 2.05) is 44.2 Å². The van der Waals surface area contributed by atoms with Gasteiger partial charge in [-0.3, -0.25) is 4.79 Å². The molecule has 1 aromatic carbocycles. The van der Waals surface area contributed by atoms with Gasteiger partial charge >= 0.3 is 0 Å². The zero-order chi connectivity index (χ0) is 20.9. The molecule has 1 atom stereocenters. The summed E-state index contributed by atoms with van der Waals surface area (Å²) >= 11 is 1.35. The number of sulfonamides is 1. The fourth-order valence-electron chi connectivity index (χ4n) is 3.38. The van der Waals surface area contributed by atoms with Crippen LogP contribution < -0.4 is 0 Å². The third-order valence-corrected chi connectivity index (χ3v) is 8.13. The molecule has 8 heteroatoms. The average Bonchev–Trinajstić information content (AvgIpc) is 3.30. The van der Waals surface area contributed by atoms with E-state index in [1.165, 1.54) is 22.3 Å². The van der Waals surface area contributed by atoms with E-state index in [9.17, 15) is 13.2 Å². The summed E-state index contributed by atoms with van der Waals surface area (Å²) in [5.41, 5.74) is 0.907. The normalized spacial score (nSPS) is 15.9. The van der Waals surface area contributed by atoms with Crippen molar-refractivity contribution in [1.29, 1.82) is 0 Å². The third-order valence-electron chi connectivity index (χ3n) is 5.05. The molecule has 3 rings (SSSR count). The van der Waals surface area contributed by atoms with Crippen LogP contribution in [0.4, 0.5) is 0 Å². The van der Waals surface area contributed by atoms with Crippen LogP contribution >= 0.6 is 11.8 Å². The van der Waals surface area contributed by atoms with Crippen LogP contribution in [0.2, 0.25) is 0 Å². The Morgan fingerprint density at radius 1 is 1.10 bits per heavy atom. The van der Waals surface area contributed by atoms with Crippen molar-refractivity contribution in [2.45, 2.75) is 41.9 Å². The maximum absolute atomic E-state index is 13.1. The lowest BCUT2D eigenvalue weighted by molar-refractivity contribution is -0.130. The number of likely N-dealkylation sites (N-methyl/N-ethyl adjacent to an activating group) is 1. The Labute approximate surface area is 177 Å².